The van der Waals surface area contributed by atoms with E-state index in [-0.39, 0.29) is 70.6 Å². The van der Waals surface area contributed by atoms with Gasteiger partial charge in [-0.2, -0.15) is 30.6 Å². The summed E-state index contributed by atoms with van der Waals surface area (Å²) in [6.45, 7) is -23.3. The Labute approximate surface area is 666 Å². The number of aromatic nitrogens is 21. The van der Waals surface area contributed by atoms with Gasteiger partial charge in [0.2, 0.25) is 17.8 Å². The molecule has 33 heteroatoms. The zero-order chi connectivity index (χ0) is 96.1. The molecule has 3 atom stereocenters. The van der Waals surface area contributed by atoms with E-state index in [1.807, 2.05) is 25.5 Å². The van der Waals surface area contributed by atoms with E-state index in [1.165, 1.54) is 149 Å². The lowest BCUT2D eigenvalue weighted by atomic mass is 9.87. The van der Waals surface area contributed by atoms with Gasteiger partial charge in [-0.05, 0) is 92.1 Å². The number of benzene rings is 3. The van der Waals surface area contributed by atoms with Crippen molar-refractivity contribution >= 4 is 51.8 Å². The van der Waals surface area contributed by atoms with Gasteiger partial charge in [-0.25, -0.2) is 71.6 Å². The Hall–Kier alpha value is -13.1. The summed E-state index contributed by atoms with van der Waals surface area (Å²) < 4.78 is 235. The second-order valence-corrected chi connectivity index (χ2v) is 26.3. The molecule has 0 saturated carbocycles. The molecular weight excluding hydrogens is 1410 g/mol. The Morgan fingerprint density at radius 2 is 0.604 bits per heavy atom. The Morgan fingerprint density at radius 3 is 0.901 bits per heavy atom. The fraction of sp³-hybridized carbons (Fsp3) is 0.269. The number of hydrogen-bond acceptors (Lipinski definition) is 24. The minimum Gasteiger partial charge on any atom is -0.351 e. The molecule has 30 nitrogen and oxygen atoms in total. The lowest BCUT2D eigenvalue weighted by Gasteiger charge is -2.35. The number of halogens is 3. The van der Waals surface area contributed by atoms with Crippen molar-refractivity contribution in [3.8, 4) is 33.4 Å². The largest absolute Gasteiger partial charge is 0.351 e. The first-order valence-electron chi connectivity index (χ1n) is 45.0. The molecule has 18 rings (SSSR count). The minimum absolute atomic E-state index is 0.0365. The summed E-state index contributed by atoms with van der Waals surface area (Å²) >= 11 is 0. The maximum absolute atomic E-state index is 13.5. The van der Waals surface area contributed by atoms with Crippen LogP contribution in [0.1, 0.15) is 84.3 Å². The number of nitrogens with zero attached hydrogens (tertiary/aromatic N) is 27. The number of nitrogens with two attached hydrogens (primary N) is 3. The summed E-state index contributed by atoms with van der Waals surface area (Å²) in [5.41, 5.74) is 23.7. The summed E-state index contributed by atoms with van der Waals surface area (Å²) in [4.78, 5) is 43.6. The first-order chi connectivity index (χ1) is 62.0. The van der Waals surface area contributed by atoms with E-state index in [9.17, 15) is 13.2 Å². The van der Waals surface area contributed by atoms with E-state index in [0.29, 0.717) is 66.9 Å². The van der Waals surface area contributed by atoms with E-state index >= 15 is 0 Å². The summed E-state index contributed by atoms with van der Waals surface area (Å²) in [5, 5.41) is 24.6. The molecule has 6 N–H and O–H groups in total. The van der Waals surface area contributed by atoms with Crippen molar-refractivity contribution in [1.29, 1.82) is 0 Å². The molecule has 3 aliphatic rings. The molecule has 3 aromatic carbocycles. The van der Waals surface area contributed by atoms with E-state index in [4.69, 9.17) is 47.4 Å². The van der Waals surface area contributed by atoms with Crippen LogP contribution < -0.4 is 46.6 Å². The monoisotopic (exact) mass is 1520 g/mol. The van der Waals surface area contributed by atoms with E-state index in [1.54, 1.807) is 77.6 Å². The summed E-state index contributed by atoms with van der Waals surface area (Å²) in [7, 11) is 1.83. The van der Waals surface area contributed by atoms with E-state index in [2.05, 4.69) is 75.4 Å². The summed E-state index contributed by atoms with van der Waals surface area (Å²) in [6, 6.07) is 21.8. The SMILES string of the molecule is [2H]C([2H])([2H])n1cc(-c2cc3c(N4C([2H])([2H])C([2H])([2H])N(c5ncc([C@@](C)(N)c6ccc(F)cc6)cn5)C([2H])([2H])C4([2H])[2H])ncnn3c2)cn1.[2H]C1([2H])CN(c2ncnn3cc(-c4cnn(C([2H])([2H])[2H])c4)cc23)CC([2H])([2H])N1c1ncc([C@@](C)(N)c2ccc(F)cc2)cn1.[2H]C1([2H])CN(c2ncnn3cc(-c4cnn(C)c4)cc23)CC([2H])([2H])N1c1ncc([C@@](C)(N)c2ccc(F)cc2)cn1. The number of anilines is 6. The average molecular weight is 1520 g/mol. The molecule has 0 amide bonds. The molecule has 15 aromatic rings. The molecule has 0 unspecified atom stereocenters. The lowest BCUT2D eigenvalue weighted by molar-refractivity contribution is 0.585. The van der Waals surface area contributed by atoms with Crippen LogP contribution in [0.3, 0.4) is 0 Å². The van der Waals surface area contributed by atoms with Crippen LogP contribution in [0.2, 0.25) is 0 Å². The Kier molecular flexibility index (Phi) is 13.5. The van der Waals surface area contributed by atoms with Gasteiger partial charge in [-0.1, -0.05) is 36.4 Å². The molecule has 111 heavy (non-hydrogen) atoms. The third-order valence-electron chi connectivity index (χ3n) is 18.7. The fourth-order valence-corrected chi connectivity index (χ4v) is 12.3. The van der Waals surface area contributed by atoms with Gasteiger partial charge in [0.05, 0.1) is 57.1 Å². The molecular formula is C78H81F3N30. The third kappa shape index (κ3) is 14.9. The van der Waals surface area contributed by atoms with Crippen molar-refractivity contribution in [2.45, 2.75) is 37.4 Å². The second-order valence-electron chi connectivity index (χ2n) is 26.3. The molecule has 3 fully saturated rings. The van der Waals surface area contributed by atoms with Crippen LogP contribution in [-0.4, -0.2) is 181 Å². The molecule has 0 bridgehead atoms. The molecule has 0 spiro atoms. The average Bonchev–Trinajstić information content (AvgIpc) is 1.64. The van der Waals surface area contributed by atoms with Crippen molar-refractivity contribution < 1.29 is 43.3 Å². The van der Waals surface area contributed by atoms with Gasteiger partial charge in [0.25, 0.3) is 0 Å². The van der Waals surface area contributed by atoms with Crippen molar-refractivity contribution in [3.05, 3.63) is 254 Å². The highest BCUT2D eigenvalue weighted by molar-refractivity contribution is 5.80. The van der Waals surface area contributed by atoms with Gasteiger partial charge in [0.1, 0.15) is 53.0 Å². The highest BCUT2D eigenvalue weighted by atomic mass is 19.1. The number of fused-ring (bicyclic) bond motifs is 3. The number of aryl methyl sites for hydroxylation is 3. The number of rotatable bonds is 15. The van der Waals surface area contributed by atoms with Crippen LogP contribution in [0, 0.1) is 17.5 Å². The third-order valence-corrected chi connectivity index (χ3v) is 18.7. The quantitative estimate of drug-likeness (QED) is 0.0880. The second kappa shape index (κ2) is 29.8. The van der Waals surface area contributed by atoms with Crippen LogP contribution in [0.25, 0.3) is 49.9 Å². The van der Waals surface area contributed by atoms with Crippen molar-refractivity contribution in [2.24, 2.45) is 38.2 Å². The first-order valence-corrected chi connectivity index (χ1v) is 34.0. The van der Waals surface area contributed by atoms with Gasteiger partial charge in [0.15, 0.2) is 17.5 Å². The van der Waals surface area contributed by atoms with Gasteiger partial charge in [0, 0.05) is 232 Å². The van der Waals surface area contributed by atoms with Gasteiger partial charge in [-0.15, -0.1) is 0 Å². The summed E-state index contributed by atoms with van der Waals surface area (Å²) in [6.07, 6.45) is 25.5. The van der Waals surface area contributed by atoms with E-state index in [0.717, 1.165) is 36.6 Å². The van der Waals surface area contributed by atoms with E-state index < -0.39 is 106 Å². The highest BCUT2D eigenvalue weighted by Gasteiger charge is 2.32. The number of piperazine rings is 3. The van der Waals surface area contributed by atoms with Crippen molar-refractivity contribution in [2.75, 3.05) is 108 Å². The minimum atomic E-state index is -3.34. The zero-order valence-electron chi connectivity index (χ0n) is 81.3. The molecule has 564 valence electrons. The van der Waals surface area contributed by atoms with Gasteiger partial charge < -0.3 is 46.6 Å². The number of hydrogen-bond donors (Lipinski definition) is 3. The molecule has 0 aliphatic carbocycles. The molecule has 12 aromatic heterocycles. The smallest absolute Gasteiger partial charge is 0.225 e. The topological polar surface area (TPSA) is 319 Å². The van der Waals surface area contributed by atoms with Crippen molar-refractivity contribution in [3.63, 3.8) is 0 Å². The van der Waals surface area contributed by atoms with Crippen LogP contribution in [-0.2, 0) is 37.6 Å². The van der Waals surface area contributed by atoms with Crippen LogP contribution in [0.15, 0.2) is 203 Å². The van der Waals surface area contributed by atoms with Crippen molar-refractivity contribution in [1.82, 2.24) is 103 Å². The Bertz CT molecular complexity index is 6740. The molecule has 15 heterocycles. The molecule has 3 aliphatic heterocycles. The first kappa shape index (κ1) is 50.5. The summed E-state index contributed by atoms with van der Waals surface area (Å²) in [5.74, 6) is -2.01. The van der Waals surface area contributed by atoms with Gasteiger partial charge >= 0.3 is 0 Å². The zero-order valence-corrected chi connectivity index (χ0v) is 59.3. The van der Waals surface area contributed by atoms with Crippen LogP contribution in [0.5, 0.6) is 0 Å². The maximum atomic E-state index is 13.5. The van der Waals surface area contributed by atoms with Crippen LogP contribution >= 0.6 is 0 Å². The lowest BCUT2D eigenvalue weighted by Crippen LogP contribution is -2.47. The predicted molar refractivity (Wildman–Crippen MR) is 416 cm³/mol. The Morgan fingerprint density at radius 1 is 0.324 bits per heavy atom. The molecule has 0 radical (unpaired) electrons. The van der Waals surface area contributed by atoms with Crippen LogP contribution in [0.4, 0.5) is 48.5 Å². The Balaban J connectivity index is 0.000000146. The standard InChI is InChI=1S/3C26H27FN10/c3*1-26(28,20-3-5-22(27)6-4-20)21-13-29-25(30-14-21)36-9-7-35(8-10-36)24-23-11-18(16-37(23)33-17-31-24)19-12-32-34(2)15-19/h3*3-6,11-17H,7-10,28H2,1-2H3/t3*26-/m000/s1/i2D3,7D2,8D2,9D2,10D2;2D3,9D2,10D2;9D2,10D2. The van der Waals surface area contributed by atoms with Gasteiger partial charge in [-0.3, -0.25) is 14.0 Å². The maximum Gasteiger partial charge on any atom is 0.225 e. The fourth-order valence-electron chi connectivity index (χ4n) is 12.3. The normalized spacial score (nSPS) is 22.6. The molecule has 3 saturated heterocycles. The predicted octanol–water partition coefficient (Wildman–Crippen LogP) is 7.82. The highest BCUT2D eigenvalue weighted by Crippen LogP contribution is 2.35.